The first kappa shape index (κ1) is 17.7. The number of rotatable bonds is 4. The van der Waals surface area contributed by atoms with Crippen LogP contribution in [0, 0.1) is 0 Å². The van der Waals surface area contributed by atoms with Gasteiger partial charge in [-0.1, -0.05) is 19.1 Å². The molecule has 0 amide bonds. The van der Waals surface area contributed by atoms with Gasteiger partial charge in [0.2, 0.25) is 0 Å². The number of hydrogen-bond donors (Lipinski definition) is 3. The Bertz CT molecular complexity index is 918. The molecule has 0 unspecified atom stereocenters. The second kappa shape index (κ2) is 6.62. The van der Waals surface area contributed by atoms with Crippen LogP contribution in [0.1, 0.15) is 18.2 Å². The van der Waals surface area contributed by atoms with Gasteiger partial charge >= 0.3 is 6.18 Å². The lowest BCUT2D eigenvalue weighted by Gasteiger charge is -2.11. The number of phenols is 2. The van der Waals surface area contributed by atoms with Crippen molar-refractivity contribution in [2.24, 2.45) is 0 Å². The van der Waals surface area contributed by atoms with Gasteiger partial charge in [-0.2, -0.15) is 18.3 Å². The van der Waals surface area contributed by atoms with Gasteiger partial charge in [-0.25, -0.2) is 0 Å². The zero-order valence-electron chi connectivity index (χ0n) is 13.6. The Hall–Kier alpha value is -3.16. The monoisotopic (exact) mass is 364 g/mol. The first-order valence-corrected chi connectivity index (χ1v) is 7.74. The van der Waals surface area contributed by atoms with Crippen molar-refractivity contribution in [1.82, 2.24) is 10.2 Å². The highest BCUT2D eigenvalue weighted by Crippen LogP contribution is 2.44. The van der Waals surface area contributed by atoms with Gasteiger partial charge in [0.15, 0.2) is 11.4 Å². The molecule has 0 aliphatic heterocycles. The van der Waals surface area contributed by atoms with Crippen molar-refractivity contribution in [3.63, 3.8) is 0 Å². The van der Waals surface area contributed by atoms with E-state index < -0.39 is 23.4 Å². The van der Waals surface area contributed by atoms with E-state index in [2.05, 4.69) is 5.10 Å². The molecule has 2 aromatic carbocycles. The van der Waals surface area contributed by atoms with Gasteiger partial charge in [-0.05, 0) is 36.2 Å². The number of aromatic amines is 1. The summed E-state index contributed by atoms with van der Waals surface area (Å²) in [6, 6.07) is 10.1. The average Bonchev–Trinajstić information content (AvgIpc) is 2.99. The molecule has 5 nitrogen and oxygen atoms in total. The lowest BCUT2D eigenvalue weighted by Crippen LogP contribution is -2.07. The number of nitrogens with one attached hydrogen (secondary N) is 1. The highest BCUT2D eigenvalue weighted by molar-refractivity contribution is 5.74. The number of halogens is 3. The van der Waals surface area contributed by atoms with Crippen molar-refractivity contribution in [2.75, 3.05) is 0 Å². The number of ether oxygens (including phenoxy) is 1. The van der Waals surface area contributed by atoms with E-state index in [9.17, 15) is 23.4 Å². The highest BCUT2D eigenvalue weighted by atomic mass is 19.4. The second-order valence-electron chi connectivity index (χ2n) is 5.58. The van der Waals surface area contributed by atoms with E-state index in [1.807, 2.05) is 12.0 Å². The van der Waals surface area contributed by atoms with Crippen LogP contribution >= 0.6 is 0 Å². The van der Waals surface area contributed by atoms with Crippen LogP contribution in [0.15, 0.2) is 42.5 Å². The maximum atomic E-state index is 13.3. The summed E-state index contributed by atoms with van der Waals surface area (Å²) in [5.74, 6) is -0.997. The van der Waals surface area contributed by atoms with Crippen LogP contribution in [-0.2, 0) is 12.6 Å². The Morgan fingerprint density at radius 3 is 2.35 bits per heavy atom. The van der Waals surface area contributed by atoms with Crippen molar-refractivity contribution in [3.05, 3.63) is 53.7 Å². The third-order valence-electron chi connectivity index (χ3n) is 3.79. The zero-order valence-corrected chi connectivity index (χ0v) is 13.6. The van der Waals surface area contributed by atoms with Crippen LogP contribution in [0.5, 0.6) is 23.0 Å². The fourth-order valence-corrected chi connectivity index (χ4v) is 2.44. The highest BCUT2D eigenvalue weighted by Gasteiger charge is 2.39. The van der Waals surface area contributed by atoms with E-state index in [4.69, 9.17) is 4.74 Å². The van der Waals surface area contributed by atoms with Crippen LogP contribution < -0.4 is 4.74 Å². The normalized spacial score (nSPS) is 11.5. The van der Waals surface area contributed by atoms with E-state index in [1.165, 1.54) is 12.1 Å². The van der Waals surface area contributed by atoms with Crippen molar-refractivity contribution < 1.29 is 28.1 Å². The Morgan fingerprint density at radius 2 is 1.77 bits per heavy atom. The first-order chi connectivity index (χ1) is 12.3. The zero-order chi connectivity index (χ0) is 18.9. The van der Waals surface area contributed by atoms with E-state index in [0.29, 0.717) is 0 Å². The van der Waals surface area contributed by atoms with Gasteiger partial charge in [-0.3, -0.25) is 5.10 Å². The number of H-pyrrole nitrogens is 1. The molecule has 3 rings (SSSR count). The molecule has 1 aromatic heterocycles. The van der Waals surface area contributed by atoms with Crippen molar-refractivity contribution in [3.8, 4) is 34.3 Å². The summed E-state index contributed by atoms with van der Waals surface area (Å²) in [6.45, 7) is 1.96. The molecular weight excluding hydrogens is 349 g/mol. The molecule has 3 aromatic rings. The van der Waals surface area contributed by atoms with Crippen LogP contribution in [0.2, 0.25) is 0 Å². The number of hydrogen-bond acceptors (Lipinski definition) is 4. The van der Waals surface area contributed by atoms with Gasteiger partial charge in [0, 0.05) is 11.6 Å². The molecule has 0 saturated carbocycles. The molecule has 136 valence electrons. The lowest BCUT2D eigenvalue weighted by atomic mass is 10.1. The standard InChI is InChI=1S/C18H15F3N2O3/c1-2-10-3-6-12(7-4-10)26-16-15(22-23-17(16)18(19,20)21)13-8-5-11(24)9-14(13)25/h3-9,24-25H,2H2,1H3,(H,22,23). The Morgan fingerprint density at radius 1 is 1.08 bits per heavy atom. The summed E-state index contributed by atoms with van der Waals surface area (Å²) in [6.07, 6.45) is -3.94. The summed E-state index contributed by atoms with van der Waals surface area (Å²) in [7, 11) is 0. The fourth-order valence-electron chi connectivity index (χ4n) is 2.44. The van der Waals surface area contributed by atoms with Gasteiger partial charge < -0.3 is 14.9 Å². The molecule has 0 spiro atoms. The molecule has 0 bridgehead atoms. The minimum Gasteiger partial charge on any atom is -0.508 e. The molecule has 0 radical (unpaired) electrons. The molecule has 1 heterocycles. The van der Waals surface area contributed by atoms with Gasteiger partial charge in [-0.15, -0.1) is 0 Å². The quantitative estimate of drug-likeness (QED) is 0.618. The molecular formula is C18H15F3N2O3. The number of aromatic hydroxyl groups is 2. The largest absolute Gasteiger partial charge is 0.508 e. The molecule has 0 fully saturated rings. The summed E-state index contributed by atoms with van der Waals surface area (Å²) in [5, 5.41) is 24.9. The number of aryl methyl sites for hydroxylation is 1. The molecule has 0 aliphatic rings. The van der Waals surface area contributed by atoms with E-state index in [0.717, 1.165) is 18.1 Å². The molecule has 0 saturated heterocycles. The van der Waals surface area contributed by atoms with Crippen molar-refractivity contribution in [2.45, 2.75) is 19.5 Å². The smallest absolute Gasteiger partial charge is 0.436 e. The minimum atomic E-state index is -4.73. The molecule has 0 aliphatic carbocycles. The Balaban J connectivity index is 2.09. The number of alkyl halides is 3. The molecule has 8 heteroatoms. The van der Waals surface area contributed by atoms with Gasteiger partial charge in [0.1, 0.15) is 22.9 Å². The first-order valence-electron chi connectivity index (χ1n) is 7.74. The topological polar surface area (TPSA) is 78.4 Å². The summed E-state index contributed by atoms with van der Waals surface area (Å²) < 4.78 is 45.4. The summed E-state index contributed by atoms with van der Waals surface area (Å²) >= 11 is 0. The number of phenolic OH excluding ortho intramolecular Hbond substituents is 2. The predicted octanol–water partition coefficient (Wildman–Crippen LogP) is 4.86. The Labute approximate surface area is 146 Å². The summed E-state index contributed by atoms with van der Waals surface area (Å²) in [4.78, 5) is 0. The van der Waals surface area contributed by atoms with Crippen LogP contribution in [0.3, 0.4) is 0 Å². The lowest BCUT2D eigenvalue weighted by molar-refractivity contribution is -0.142. The predicted molar refractivity (Wildman–Crippen MR) is 88.2 cm³/mol. The van der Waals surface area contributed by atoms with Crippen LogP contribution in [-0.4, -0.2) is 20.4 Å². The maximum absolute atomic E-state index is 13.3. The van der Waals surface area contributed by atoms with Crippen molar-refractivity contribution >= 4 is 0 Å². The number of aromatic nitrogens is 2. The Kier molecular flexibility index (Phi) is 4.50. The average molecular weight is 364 g/mol. The number of nitrogens with zero attached hydrogens (tertiary/aromatic N) is 1. The van der Waals surface area contributed by atoms with E-state index in [1.54, 1.807) is 24.3 Å². The minimum absolute atomic E-state index is 0.00488. The molecule has 3 N–H and O–H groups in total. The second-order valence-corrected chi connectivity index (χ2v) is 5.58. The van der Waals surface area contributed by atoms with Crippen molar-refractivity contribution in [1.29, 1.82) is 0 Å². The van der Waals surface area contributed by atoms with Gasteiger partial charge in [0.05, 0.1) is 0 Å². The fraction of sp³-hybridized carbons (Fsp3) is 0.167. The molecule has 26 heavy (non-hydrogen) atoms. The van der Waals surface area contributed by atoms with E-state index in [-0.39, 0.29) is 22.8 Å². The van der Waals surface area contributed by atoms with Gasteiger partial charge in [0.25, 0.3) is 0 Å². The maximum Gasteiger partial charge on any atom is 0.436 e. The summed E-state index contributed by atoms with van der Waals surface area (Å²) in [5.41, 5.74) is -0.374. The number of benzene rings is 2. The SMILES string of the molecule is CCc1ccc(Oc2c(-c3ccc(O)cc3O)n[nH]c2C(F)(F)F)cc1. The van der Waals surface area contributed by atoms with Crippen LogP contribution in [0.25, 0.3) is 11.3 Å². The molecule has 0 atom stereocenters. The third kappa shape index (κ3) is 3.44. The third-order valence-corrected chi connectivity index (χ3v) is 3.79. The van der Waals surface area contributed by atoms with Crippen LogP contribution in [0.4, 0.5) is 13.2 Å². The van der Waals surface area contributed by atoms with E-state index >= 15 is 0 Å².